The molecule has 1 N–H and O–H groups in total. The zero-order valence-corrected chi connectivity index (χ0v) is 17.5. The molecule has 0 atom stereocenters. The second kappa shape index (κ2) is 8.86. The van der Waals surface area contributed by atoms with Crippen molar-refractivity contribution in [3.8, 4) is 11.5 Å². The van der Waals surface area contributed by atoms with Gasteiger partial charge in [0.05, 0.1) is 13.1 Å². The lowest BCUT2D eigenvalue weighted by molar-refractivity contribution is 0.174. The third-order valence-electron chi connectivity index (χ3n) is 5.06. The number of aryl methyl sites for hydroxylation is 1. The van der Waals surface area contributed by atoms with Crippen LogP contribution in [0.2, 0.25) is 0 Å². The molecule has 0 saturated carbocycles. The normalized spacial score (nSPS) is 12.8. The second-order valence-corrected chi connectivity index (χ2v) is 7.25. The first-order chi connectivity index (χ1) is 14.6. The molecule has 2 heterocycles. The lowest BCUT2D eigenvalue weighted by Gasteiger charge is -2.23. The quantitative estimate of drug-likeness (QED) is 0.501. The van der Waals surface area contributed by atoms with Gasteiger partial charge in [-0.1, -0.05) is 36.4 Å². The molecule has 8 heteroatoms. The van der Waals surface area contributed by atoms with E-state index in [4.69, 9.17) is 14.5 Å². The number of guanidine groups is 1. The fourth-order valence-corrected chi connectivity index (χ4v) is 3.21. The Balaban J connectivity index is 1.49. The number of ether oxygens (including phenoxy) is 2. The number of rotatable bonds is 6. The Labute approximate surface area is 176 Å². The van der Waals surface area contributed by atoms with Crippen molar-refractivity contribution >= 4 is 5.96 Å². The van der Waals surface area contributed by atoms with E-state index in [1.54, 1.807) is 0 Å². The van der Waals surface area contributed by atoms with Crippen LogP contribution in [0.3, 0.4) is 0 Å². The van der Waals surface area contributed by atoms with Crippen LogP contribution in [-0.4, -0.2) is 39.5 Å². The van der Waals surface area contributed by atoms with Crippen LogP contribution in [0.15, 0.2) is 53.5 Å². The molecule has 156 valence electrons. The predicted octanol–water partition coefficient (Wildman–Crippen LogP) is 2.63. The van der Waals surface area contributed by atoms with E-state index in [-0.39, 0.29) is 6.79 Å². The Morgan fingerprint density at radius 3 is 2.67 bits per heavy atom. The van der Waals surface area contributed by atoms with Crippen LogP contribution in [0.4, 0.5) is 0 Å². The minimum Gasteiger partial charge on any atom is -0.454 e. The van der Waals surface area contributed by atoms with Gasteiger partial charge in [-0.25, -0.2) is 4.99 Å². The van der Waals surface area contributed by atoms with Gasteiger partial charge in [-0.05, 0) is 30.2 Å². The number of hydrogen-bond donors (Lipinski definition) is 1. The second-order valence-electron chi connectivity index (χ2n) is 7.25. The first kappa shape index (κ1) is 19.8. The molecule has 30 heavy (non-hydrogen) atoms. The summed E-state index contributed by atoms with van der Waals surface area (Å²) in [6.07, 6.45) is 0. The minimum atomic E-state index is 0.275. The summed E-state index contributed by atoms with van der Waals surface area (Å²) in [5.41, 5.74) is 2.27. The fourth-order valence-electron chi connectivity index (χ4n) is 3.21. The first-order valence-electron chi connectivity index (χ1n) is 9.87. The highest BCUT2D eigenvalue weighted by atomic mass is 16.7. The summed E-state index contributed by atoms with van der Waals surface area (Å²) < 4.78 is 12.9. The van der Waals surface area contributed by atoms with Gasteiger partial charge in [-0.15, -0.1) is 10.2 Å². The molecule has 1 aliphatic heterocycles. The van der Waals surface area contributed by atoms with Crippen molar-refractivity contribution < 1.29 is 9.47 Å². The van der Waals surface area contributed by atoms with Crippen LogP contribution in [0.25, 0.3) is 0 Å². The maximum Gasteiger partial charge on any atom is 0.231 e. The number of aliphatic imine (C=N–C) groups is 1. The summed E-state index contributed by atoms with van der Waals surface area (Å²) in [5, 5.41) is 11.8. The maximum absolute atomic E-state index is 5.50. The minimum absolute atomic E-state index is 0.275. The molecule has 4 rings (SSSR count). The van der Waals surface area contributed by atoms with Crippen LogP contribution in [-0.2, 0) is 26.7 Å². The number of nitrogens with one attached hydrogen (secondary N) is 1. The van der Waals surface area contributed by atoms with Gasteiger partial charge in [0.25, 0.3) is 0 Å². The SMILES string of the molecule is Cc1nnc(CNC(=NCc2ccccc2)N(C)Cc2ccc3c(c2)OCO3)n1C. The Hall–Kier alpha value is -3.55. The summed E-state index contributed by atoms with van der Waals surface area (Å²) in [6.45, 7) is 4.02. The summed E-state index contributed by atoms with van der Waals surface area (Å²) in [4.78, 5) is 6.92. The van der Waals surface area contributed by atoms with E-state index < -0.39 is 0 Å². The van der Waals surface area contributed by atoms with Crippen molar-refractivity contribution in [2.75, 3.05) is 13.8 Å². The van der Waals surface area contributed by atoms with E-state index in [0.29, 0.717) is 19.6 Å². The van der Waals surface area contributed by atoms with Crippen molar-refractivity contribution in [2.45, 2.75) is 26.6 Å². The van der Waals surface area contributed by atoms with Gasteiger partial charge in [0.2, 0.25) is 6.79 Å². The fraction of sp³-hybridized carbons (Fsp3) is 0.318. The molecule has 2 aromatic carbocycles. The third-order valence-corrected chi connectivity index (χ3v) is 5.06. The van der Waals surface area contributed by atoms with Crippen molar-refractivity contribution in [3.05, 3.63) is 71.3 Å². The van der Waals surface area contributed by atoms with E-state index >= 15 is 0 Å². The zero-order chi connectivity index (χ0) is 20.9. The van der Waals surface area contributed by atoms with Gasteiger partial charge < -0.3 is 24.3 Å². The van der Waals surface area contributed by atoms with Gasteiger partial charge in [-0.3, -0.25) is 0 Å². The first-order valence-corrected chi connectivity index (χ1v) is 9.87. The molecule has 1 aliphatic rings. The molecule has 1 aromatic heterocycles. The lowest BCUT2D eigenvalue weighted by atomic mass is 10.2. The van der Waals surface area contributed by atoms with E-state index in [2.05, 4.69) is 32.5 Å². The molecule has 0 saturated heterocycles. The molecule has 0 bridgehead atoms. The van der Waals surface area contributed by atoms with Gasteiger partial charge >= 0.3 is 0 Å². The molecule has 0 spiro atoms. The van der Waals surface area contributed by atoms with E-state index in [1.807, 2.05) is 62.0 Å². The predicted molar refractivity (Wildman–Crippen MR) is 114 cm³/mol. The largest absolute Gasteiger partial charge is 0.454 e. The van der Waals surface area contributed by atoms with E-state index in [0.717, 1.165) is 40.2 Å². The Kier molecular flexibility index (Phi) is 5.83. The number of nitrogens with zero attached hydrogens (tertiary/aromatic N) is 5. The van der Waals surface area contributed by atoms with Crippen LogP contribution >= 0.6 is 0 Å². The van der Waals surface area contributed by atoms with Crippen molar-refractivity contribution in [1.82, 2.24) is 25.0 Å². The molecule has 0 aliphatic carbocycles. The highest BCUT2D eigenvalue weighted by Crippen LogP contribution is 2.32. The Morgan fingerprint density at radius 2 is 1.90 bits per heavy atom. The Bertz CT molecular complexity index is 1030. The molecule has 0 unspecified atom stereocenters. The highest BCUT2D eigenvalue weighted by Gasteiger charge is 2.15. The molecule has 0 fully saturated rings. The molecule has 0 amide bonds. The molecular formula is C22H26N6O2. The number of aromatic nitrogens is 3. The molecule has 3 aromatic rings. The average Bonchev–Trinajstić information content (AvgIpc) is 3.35. The van der Waals surface area contributed by atoms with Crippen LogP contribution in [0.1, 0.15) is 22.8 Å². The summed E-state index contributed by atoms with van der Waals surface area (Å²) >= 11 is 0. The van der Waals surface area contributed by atoms with Crippen LogP contribution in [0, 0.1) is 6.92 Å². The number of hydrogen-bond acceptors (Lipinski definition) is 5. The standard InChI is InChI=1S/C22H26N6O2/c1-16-25-26-21(28(16)3)13-24-22(23-12-17-7-5-4-6-8-17)27(2)14-18-9-10-19-20(11-18)30-15-29-19/h4-11H,12-15H2,1-3H3,(H,23,24). The zero-order valence-electron chi connectivity index (χ0n) is 17.5. The van der Waals surface area contributed by atoms with Crippen molar-refractivity contribution in [1.29, 1.82) is 0 Å². The number of fused-ring (bicyclic) bond motifs is 1. The van der Waals surface area contributed by atoms with Gasteiger partial charge in [0.1, 0.15) is 5.82 Å². The molecule has 8 nitrogen and oxygen atoms in total. The van der Waals surface area contributed by atoms with Crippen molar-refractivity contribution in [2.24, 2.45) is 12.0 Å². The summed E-state index contributed by atoms with van der Waals surface area (Å²) in [7, 11) is 3.98. The van der Waals surface area contributed by atoms with Gasteiger partial charge in [0, 0.05) is 20.6 Å². The number of benzene rings is 2. The topological polar surface area (TPSA) is 76.8 Å². The molecule has 0 radical (unpaired) electrons. The van der Waals surface area contributed by atoms with Crippen LogP contribution in [0.5, 0.6) is 11.5 Å². The smallest absolute Gasteiger partial charge is 0.231 e. The van der Waals surface area contributed by atoms with E-state index in [1.165, 1.54) is 0 Å². The molecular weight excluding hydrogens is 380 g/mol. The van der Waals surface area contributed by atoms with Gasteiger partial charge in [-0.2, -0.15) is 0 Å². The summed E-state index contributed by atoms with van der Waals surface area (Å²) in [6, 6.07) is 16.2. The lowest BCUT2D eigenvalue weighted by Crippen LogP contribution is -2.38. The van der Waals surface area contributed by atoms with E-state index in [9.17, 15) is 0 Å². The Morgan fingerprint density at radius 1 is 1.10 bits per heavy atom. The van der Waals surface area contributed by atoms with Crippen molar-refractivity contribution in [3.63, 3.8) is 0 Å². The third kappa shape index (κ3) is 4.53. The maximum atomic E-state index is 5.50. The highest BCUT2D eigenvalue weighted by molar-refractivity contribution is 5.79. The average molecular weight is 406 g/mol. The summed E-state index contributed by atoms with van der Waals surface area (Å²) in [5.74, 6) is 4.10. The van der Waals surface area contributed by atoms with Gasteiger partial charge in [0.15, 0.2) is 23.3 Å². The van der Waals surface area contributed by atoms with Crippen LogP contribution < -0.4 is 14.8 Å². The monoisotopic (exact) mass is 406 g/mol.